The van der Waals surface area contributed by atoms with E-state index >= 15 is 0 Å². The van der Waals surface area contributed by atoms with Crippen molar-refractivity contribution in [2.24, 2.45) is 0 Å². The fourth-order valence-electron chi connectivity index (χ4n) is 4.39. The highest BCUT2D eigenvalue weighted by Gasteiger charge is 2.35. The second-order valence-corrected chi connectivity index (χ2v) is 8.37. The van der Waals surface area contributed by atoms with E-state index in [4.69, 9.17) is 4.74 Å². The molecule has 180 valence electrons. The molecule has 5 rings (SSSR count). The first kappa shape index (κ1) is 22.7. The third-order valence-corrected chi connectivity index (χ3v) is 6.26. The zero-order valence-electron chi connectivity index (χ0n) is 19.1. The number of aromatic nitrogens is 3. The van der Waals surface area contributed by atoms with Gasteiger partial charge in [0.2, 0.25) is 5.82 Å². The van der Waals surface area contributed by atoms with Gasteiger partial charge >= 0.3 is 0 Å². The lowest BCUT2D eigenvalue weighted by Gasteiger charge is -2.24. The van der Waals surface area contributed by atoms with E-state index in [0.717, 1.165) is 0 Å². The van der Waals surface area contributed by atoms with Crippen LogP contribution in [-0.4, -0.2) is 52.1 Å². The fourth-order valence-corrected chi connectivity index (χ4v) is 4.39. The van der Waals surface area contributed by atoms with Crippen molar-refractivity contribution in [1.29, 1.82) is 0 Å². The van der Waals surface area contributed by atoms with E-state index < -0.39 is 11.6 Å². The molecule has 3 N–H and O–H groups in total. The molecule has 1 aliphatic heterocycles. The number of anilines is 1. The van der Waals surface area contributed by atoms with Crippen LogP contribution < -0.4 is 20.7 Å². The van der Waals surface area contributed by atoms with Gasteiger partial charge in [0, 0.05) is 36.1 Å². The molecule has 2 aromatic carbocycles. The lowest BCUT2D eigenvalue weighted by Crippen LogP contribution is -2.49. The molecule has 1 amide bonds. The van der Waals surface area contributed by atoms with Gasteiger partial charge in [-0.1, -0.05) is 18.2 Å². The number of hydrogen-bond donors (Lipinski definition) is 3. The fraction of sp³-hybridized carbons (Fsp3) is 0.240. The number of halogens is 2. The van der Waals surface area contributed by atoms with Gasteiger partial charge < -0.3 is 20.7 Å². The quantitative estimate of drug-likeness (QED) is 0.394. The van der Waals surface area contributed by atoms with Crippen LogP contribution in [0.15, 0.2) is 61.1 Å². The average Bonchev–Trinajstić information content (AvgIpc) is 3.46. The SMILES string of the molecule is COc1ccc(-c2cnc3c(NC4CNC(C)[C@@H]4NC(=O)c4ccccc4)nccn23)c(F)c1F. The van der Waals surface area contributed by atoms with Gasteiger partial charge in [0.1, 0.15) is 0 Å². The third-order valence-electron chi connectivity index (χ3n) is 6.26. The highest BCUT2D eigenvalue weighted by molar-refractivity contribution is 5.94. The normalized spacial score (nSPS) is 19.6. The predicted molar refractivity (Wildman–Crippen MR) is 127 cm³/mol. The van der Waals surface area contributed by atoms with Crippen LogP contribution in [0, 0.1) is 11.6 Å². The first-order valence-corrected chi connectivity index (χ1v) is 11.2. The Balaban J connectivity index is 1.43. The van der Waals surface area contributed by atoms with Crippen molar-refractivity contribution in [3.8, 4) is 17.0 Å². The summed E-state index contributed by atoms with van der Waals surface area (Å²) in [6.45, 7) is 2.59. The highest BCUT2D eigenvalue weighted by Crippen LogP contribution is 2.31. The van der Waals surface area contributed by atoms with E-state index in [-0.39, 0.29) is 35.3 Å². The van der Waals surface area contributed by atoms with Gasteiger partial charge in [-0.05, 0) is 31.2 Å². The molecule has 1 fully saturated rings. The van der Waals surface area contributed by atoms with Crippen LogP contribution in [0.4, 0.5) is 14.6 Å². The van der Waals surface area contributed by atoms with Gasteiger partial charge in [0.15, 0.2) is 23.0 Å². The Morgan fingerprint density at radius 3 is 2.71 bits per heavy atom. The van der Waals surface area contributed by atoms with Crippen molar-refractivity contribution in [1.82, 2.24) is 25.0 Å². The molecule has 8 nitrogen and oxygen atoms in total. The van der Waals surface area contributed by atoms with Gasteiger partial charge in [-0.15, -0.1) is 0 Å². The van der Waals surface area contributed by atoms with Crippen molar-refractivity contribution >= 4 is 17.4 Å². The number of carbonyl (C=O) groups excluding carboxylic acids is 1. The van der Waals surface area contributed by atoms with Crippen LogP contribution in [0.5, 0.6) is 5.75 Å². The number of ether oxygens (including phenoxy) is 1. The molecule has 10 heteroatoms. The smallest absolute Gasteiger partial charge is 0.251 e. The van der Waals surface area contributed by atoms with Gasteiger partial charge in [-0.25, -0.2) is 14.4 Å². The maximum absolute atomic E-state index is 14.7. The second-order valence-electron chi connectivity index (χ2n) is 8.37. The number of carbonyl (C=O) groups is 1. The van der Waals surface area contributed by atoms with Crippen LogP contribution in [0.25, 0.3) is 16.9 Å². The summed E-state index contributed by atoms with van der Waals surface area (Å²) in [5.41, 5.74) is 1.46. The molecule has 0 saturated carbocycles. The minimum Gasteiger partial charge on any atom is -0.494 e. The van der Waals surface area contributed by atoms with E-state index in [9.17, 15) is 13.6 Å². The number of fused-ring (bicyclic) bond motifs is 1. The number of methoxy groups -OCH3 is 1. The number of benzene rings is 2. The van der Waals surface area contributed by atoms with E-state index in [0.29, 0.717) is 29.3 Å². The molecule has 0 aliphatic carbocycles. The van der Waals surface area contributed by atoms with Crippen molar-refractivity contribution in [3.63, 3.8) is 0 Å². The summed E-state index contributed by atoms with van der Waals surface area (Å²) in [5.74, 6) is -1.95. The summed E-state index contributed by atoms with van der Waals surface area (Å²) < 4.78 is 35.6. The minimum atomic E-state index is -1.06. The number of nitrogens with zero attached hydrogens (tertiary/aromatic N) is 3. The maximum Gasteiger partial charge on any atom is 0.251 e. The molecule has 2 aromatic heterocycles. The van der Waals surface area contributed by atoms with E-state index in [2.05, 4.69) is 25.9 Å². The molecule has 3 atom stereocenters. The first-order chi connectivity index (χ1) is 17.0. The Kier molecular flexibility index (Phi) is 6.04. The van der Waals surface area contributed by atoms with Gasteiger partial charge in [-0.2, -0.15) is 4.39 Å². The standard InChI is InChI=1S/C25H24F2N6O2/c1-14-22(32-25(34)15-6-4-3-5-7-15)17(12-29-14)31-23-24-30-13-18(33(24)11-10-28-23)16-8-9-19(35-2)21(27)20(16)26/h3-11,13-14,17,22,29H,12H2,1-2H3,(H,28,31)(H,32,34)/t14?,17?,22-/m0/s1. The van der Waals surface area contributed by atoms with E-state index in [1.165, 1.54) is 25.4 Å². The maximum atomic E-state index is 14.7. The van der Waals surface area contributed by atoms with Crippen molar-refractivity contribution in [3.05, 3.63) is 78.3 Å². The monoisotopic (exact) mass is 478 g/mol. The van der Waals surface area contributed by atoms with Crippen molar-refractivity contribution in [2.45, 2.75) is 25.0 Å². The topological polar surface area (TPSA) is 92.6 Å². The van der Waals surface area contributed by atoms with Gasteiger partial charge in [-0.3, -0.25) is 9.20 Å². The Bertz CT molecular complexity index is 1380. The van der Waals surface area contributed by atoms with E-state index in [1.807, 2.05) is 25.1 Å². The summed E-state index contributed by atoms with van der Waals surface area (Å²) in [6, 6.07) is 11.5. The lowest BCUT2D eigenvalue weighted by atomic mass is 10.1. The first-order valence-electron chi connectivity index (χ1n) is 11.2. The number of nitrogens with one attached hydrogen (secondary N) is 3. The number of hydrogen-bond acceptors (Lipinski definition) is 6. The predicted octanol–water partition coefficient (Wildman–Crippen LogP) is 3.25. The summed E-state index contributed by atoms with van der Waals surface area (Å²) >= 11 is 0. The van der Waals surface area contributed by atoms with Crippen molar-refractivity contribution in [2.75, 3.05) is 19.0 Å². The lowest BCUT2D eigenvalue weighted by molar-refractivity contribution is 0.0932. The minimum absolute atomic E-state index is 0.0200. The summed E-state index contributed by atoms with van der Waals surface area (Å²) in [7, 11) is 1.28. The van der Waals surface area contributed by atoms with Crippen LogP contribution in [-0.2, 0) is 0 Å². The third kappa shape index (κ3) is 4.17. The second kappa shape index (κ2) is 9.30. The molecule has 4 aromatic rings. The summed E-state index contributed by atoms with van der Waals surface area (Å²) in [5, 5.41) is 9.83. The molecule has 1 saturated heterocycles. The number of rotatable bonds is 6. The molecular weight excluding hydrogens is 454 g/mol. The van der Waals surface area contributed by atoms with Crippen LogP contribution >= 0.6 is 0 Å². The molecule has 0 bridgehead atoms. The average molecular weight is 479 g/mol. The van der Waals surface area contributed by atoms with Crippen LogP contribution in [0.1, 0.15) is 17.3 Å². The van der Waals surface area contributed by atoms with Crippen LogP contribution in [0.3, 0.4) is 0 Å². The van der Waals surface area contributed by atoms with Gasteiger partial charge in [0.25, 0.3) is 5.91 Å². The molecule has 3 heterocycles. The number of imidazole rings is 1. The molecule has 35 heavy (non-hydrogen) atoms. The summed E-state index contributed by atoms with van der Waals surface area (Å²) in [4.78, 5) is 21.6. The Morgan fingerprint density at radius 2 is 1.94 bits per heavy atom. The Hall–Kier alpha value is -4.05. The van der Waals surface area contributed by atoms with Crippen molar-refractivity contribution < 1.29 is 18.3 Å². The van der Waals surface area contributed by atoms with E-state index in [1.54, 1.807) is 28.9 Å². The highest BCUT2D eigenvalue weighted by atomic mass is 19.2. The molecule has 0 spiro atoms. The Morgan fingerprint density at radius 1 is 1.14 bits per heavy atom. The molecule has 0 radical (unpaired) electrons. The zero-order chi connectivity index (χ0) is 24.5. The Labute approximate surface area is 200 Å². The van der Waals surface area contributed by atoms with Crippen LogP contribution in [0.2, 0.25) is 0 Å². The molecule has 2 unspecified atom stereocenters. The largest absolute Gasteiger partial charge is 0.494 e. The summed E-state index contributed by atoms with van der Waals surface area (Å²) in [6.07, 6.45) is 4.66. The molecule has 1 aliphatic rings. The number of amides is 1. The van der Waals surface area contributed by atoms with Gasteiger partial charge in [0.05, 0.1) is 31.1 Å². The molecular formula is C25H24F2N6O2. The zero-order valence-corrected chi connectivity index (χ0v) is 19.1.